The van der Waals surface area contributed by atoms with Crippen molar-refractivity contribution in [2.75, 3.05) is 45.2 Å². The first-order chi connectivity index (χ1) is 17.7. The number of piperidine rings is 1. The van der Waals surface area contributed by atoms with Crippen molar-refractivity contribution < 1.29 is 28.1 Å². The Labute approximate surface area is 219 Å². The number of methoxy groups -OCH3 is 1. The summed E-state index contributed by atoms with van der Waals surface area (Å²) in [5.41, 5.74) is 0.630. The second-order valence-electron chi connectivity index (χ2n) is 9.63. The number of ether oxygens (including phenoxy) is 1. The highest BCUT2D eigenvalue weighted by molar-refractivity contribution is 6.32. The van der Waals surface area contributed by atoms with E-state index in [1.165, 1.54) is 6.20 Å². The van der Waals surface area contributed by atoms with Crippen LogP contribution >= 0.6 is 11.6 Å². The molecule has 3 aromatic rings. The number of nitrogens with one attached hydrogen (secondary N) is 1. The van der Waals surface area contributed by atoms with Crippen molar-refractivity contribution >= 4 is 28.2 Å². The van der Waals surface area contributed by atoms with Crippen LogP contribution in [0.15, 0.2) is 36.5 Å². The Hall–Kier alpha value is -2.59. The van der Waals surface area contributed by atoms with E-state index in [9.17, 15) is 23.4 Å². The fraction of sp³-hybridized carbons (Fsp3) is 0.444. The van der Waals surface area contributed by atoms with Gasteiger partial charge in [0.1, 0.15) is 17.3 Å². The lowest BCUT2D eigenvalue weighted by Gasteiger charge is -2.41. The molecule has 0 amide bonds. The van der Waals surface area contributed by atoms with Gasteiger partial charge in [-0.1, -0.05) is 11.6 Å². The Morgan fingerprint density at radius 2 is 1.86 bits per heavy atom. The van der Waals surface area contributed by atoms with Crippen LogP contribution in [0.25, 0.3) is 10.9 Å². The number of aliphatic hydroxyl groups is 2. The molecular weight excluding hydrogens is 507 g/mol. The van der Waals surface area contributed by atoms with Gasteiger partial charge in [-0.05, 0) is 62.4 Å². The molecule has 1 saturated heterocycles. The zero-order chi connectivity index (χ0) is 26.6. The first-order valence-corrected chi connectivity index (χ1v) is 12.6. The predicted molar refractivity (Wildman–Crippen MR) is 137 cm³/mol. The SMILES string of the molecule is COc1ccc2ncc(Cl)c([C@H](O)CCC3(CO)CCN(CCNc4c(F)cc(F)cc4F)CC3)c2c1. The molecular formula is C27H31ClF3N3O3. The van der Waals surface area contributed by atoms with Crippen molar-refractivity contribution in [2.45, 2.75) is 31.8 Å². The number of aromatic nitrogens is 1. The van der Waals surface area contributed by atoms with Crippen LogP contribution in [0.5, 0.6) is 5.75 Å². The molecule has 200 valence electrons. The van der Waals surface area contributed by atoms with E-state index in [1.54, 1.807) is 13.2 Å². The average molecular weight is 538 g/mol. The normalized spacial score (nSPS) is 16.6. The van der Waals surface area contributed by atoms with Gasteiger partial charge in [0.15, 0.2) is 11.6 Å². The van der Waals surface area contributed by atoms with E-state index < -0.39 is 23.6 Å². The lowest BCUT2D eigenvalue weighted by atomic mass is 9.74. The summed E-state index contributed by atoms with van der Waals surface area (Å²) in [6, 6.07) is 6.73. The Bertz CT molecular complexity index is 1220. The molecule has 0 aliphatic carbocycles. The van der Waals surface area contributed by atoms with Gasteiger partial charge < -0.3 is 25.2 Å². The summed E-state index contributed by atoms with van der Waals surface area (Å²) in [4.78, 5) is 6.49. The zero-order valence-electron chi connectivity index (χ0n) is 20.6. The van der Waals surface area contributed by atoms with Crippen LogP contribution < -0.4 is 10.1 Å². The molecule has 0 spiro atoms. The second-order valence-corrected chi connectivity index (χ2v) is 10.0. The van der Waals surface area contributed by atoms with E-state index in [1.807, 2.05) is 12.1 Å². The molecule has 3 N–H and O–H groups in total. The number of likely N-dealkylation sites (tertiary alicyclic amines) is 1. The number of benzene rings is 2. The number of pyridine rings is 1. The quantitative estimate of drug-likeness (QED) is 0.325. The van der Waals surface area contributed by atoms with Crippen LogP contribution in [-0.4, -0.2) is 60.0 Å². The van der Waals surface area contributed by atoms with Gasteiger partial charge in [0.05, 0.1) is 23.8 Å². The molecule has 4 rings (SSSR count). The molecule has 0 radical (unpaired) electrons. The molecule has 0 saturated carbocycles. The van der Waals surface area contributed by atoms with Crippen molar-refractivity contribution in [3.8, 4) is 5.75 Å². The molecule has 2 heterocycles. The van der Waals surface area contributed by atoms with Crippen LogP contribution in [0, 0.1) is 22.9 Å². The van der Waals surface area contributed by atoms with Crippen LogP contribution in [0.1, 0.15) is 37.4 Å². The molecule has 37 heavy (non-hydrogen) atoms. The highest BCUT2D eigenvalue weighted by Crippen LogP contribution is 2.40. The van der Waals surface area contributed by atoms with Gasteiger partial charge in [0.25, 0.3) is 0 Å². The van der Waals surface area contributed by atoms with E-state index in [2.05, 4.69) is 15.2 Å². The number of hydrogen-bond acceptors (Lipinski definition) is 6. The fourth-order valence-corrected chi connectivity index (χ4v) is 5.29. The highest BCUT2D eigenvalue weighted by atomic mass is 35.5. The van der Waals surface area contributed by atoms with Gasteiger partial charge in [-0.25, -0.2) is 13.2 Å². The van der Waals surface area contributed by atoms with Crippen LogP contribution in [0.3, 0.4) is 0 Å². The number of halogens is 4. The number of fused-ring (bicyclic) bond motifs is 1. The van der Waals surface area contributed by atoms with Gasteiger partial charge >= 0.3 is 0 Å². The molecule has 2 aromatic carbocycles. The summed E-state index contributed by atoms with van der Waals surface area (Å²) < 4.78 is 46.1. The van der Waals surface area contributed by atoms with E-state index >= 15 is 0 Å². The van der Waals surface area contributed by atoms with E-state index in [0.29, 0.717) is 85.8 Å². The first-order valence-electron chi connectivity index (χ1n) is 12.3. The first kappa shape index (κ1) is 27.4. The minimum absolute atomic E-state index is 0.00351. The summed E-state index contributed by atoms with van der Waals surface area (Å²) in [5.74, 6) is -2.24. The lowest BCUT2D eigenvalue weighted by Crippen LogP contribution is -2.43. The smallest absolute Gasteiger partial charge is 0.152 e. The monoisotopic (exact) mass is 537 g/mol. The number of nitrogens with zero attached hydrogens (tertiary/aromatic N) is 2. The highest BCUT2D eigenvalue weighted by Gasteiger charge is 2.34. The molecule has 10 heteroatoms. The third-order valence-corrected chi connectivity index (χ3v) is 7.64. The third-order valence-electron chi connectivity index (χ3n) is 7.34. The van der Waals surface area contributed by atoms with E-state index in [4.69, 9.17) is 16.3 Å². The number of aliphatic hydroxyl groups excluding tert-OH is 2. The summed E-state index contributed by atoms with van der Waals surface area (Å²) in [6.07, 6.45) is 3.15. The Balaban J connectivity index is 1.33. The molecule has 6 nitrogen and oxygen atoms in total. The van der Waals surface area contributed by atoms with Crippen LogP contribution in [0.2, 0.25) is 5.02 Å². The Kier molecular flexibility index (Phi) is 8.79. The maximum atomic E-state index is 13.8. The fourth-order valence-electron chi connectivity index (χ4n) is 5.01. The Morgan fingerprint density at radius 3 is 2.51 bits per heavy atom. The molecule has 0 unspecified atom stereocenters. The van der Waals surface area contributed by atoms with Gasteiger partial charge in [-0.3, -0.25) is 4.98 Å². The molecule has 1 atom stereocenters. The number of anilines is 1. The molecule has 0 bridgehead atoms. The van der Waals surface area contributed by atoms with Gasteiger partial charge in [0.2, 0.25) is 0 Å². The summed E-state index contributed by atoms with van der Waals surface area (Å²) in [7, 11) is 1.57. The Morgan fingerprint density at radius 1 is 1.16 bits per heavy atom. The zero-order valence-corrected chi connectivity index (χ0v) is 21.4. The van der Waals surface area contributed by atoms with Gasteiger partial charge in [-0.2, -0.15) is 0 Å². The molecule has 1 aliphatic rings. The van der Waals surface area contributed by atoms with Crippen molar-refractivity contribution in [1.29, 1.82) is 0 Å². The largest absolute Gasteiger partial charge is 0.497 e. The summed E-state index contributed by atoms with van der Waals surface area (Å²) in [5, 5.41) is 25.2. The standard InChI is InChI=1S/C27H31ClF3N3O3/c1-37-18-2-3-23-19(14-18)25(20(28)15-33-23)24(36)4-5-27(16-35)6-9-34(10-7-27)11-8-32-26-21(30)12-17(29)13-22(26)31/h2-3,12-15,24,32,35-36H,4-11,16H2,1H3/t24-/m1/s1. The minimum atomic E-state index is -0.963. The van der Waals surface area contributed by atoms with Crippen molar-refractivity contribution in [3.63, 3.8) is 0 Å². The van der Waals surface area contributed by atoms with Crippen LogP contribution in [0.4, 0.5) is 18.9 Å². The molecule has 1 aromatic heterocycles. The number of hydrogen-bond donors (Lipinski definition) is 3. The average Bonchev–Trinajstić information content (AvgIpc) is 2.89. The van der Waals surface area contributed by atoms with Crippen molar-refractivity contribution in [1.82, 2.24) is 9.88 Å². The minimum Gasteiger partial charge on any atom is -0.497 e. The molecule has 1 fully saturated rings. The number of rotatable bonds is 10. The van der Waals surface area contributed by atoms with E-state index in [0.717, 1.165) is 5.39 Å². The summed E-state index contributed by atoms with van der Waals surface area (Å²) in [6.45, 7) is 2.23. The topological polar surface area (TPSA) is 77.8 Å². The maximum Gasteiger partial charge on any atom is 0.152 e. The van der Waals surface area contributed by atoms with Crippen molar-refractivity contribution in [2.24, 2.45) is 5.41 Å². The van der Waals surface area contributed by atoms with Gasteiger partial charge in [-0.15, -0.1) is 0 Å². The van der Waals surface area contributed by atoms with E-state index in [-0.39, 0.29) is 17.7 Å². The second kappa shape index (κ2) is 11.9. The van der Waals surface area contributed by atoms with Crippen molar-refractivity contribution in [3.05, 3.63) is 64.6 Å². The third kappa shape index (κ3) is 6.29. The maximum absolute atomic E-state index is 13.8. The predicted octanol–water partition coefficient (Wildman–Crippen LogP) is 5.31. The molecule has 1 aliphatic heterocycles. The lowest BCUT2D eigenvalue weighted by molar-refractivity contribution is 0.0248. The van der Waals surface area contributed by atoms with Crippen LogP contribution in [-0.2, 0) is 0 Å². The summed E-state index contributed by atoms with van der Waals surface area (Å²) >= 11 is 6.43. The van der Waals surface area contributed by atoms with Gasteiger partial charge in [0, 0.05) is 49.0 Å².